The van der Waals surface area contributed by atoms with Gasteiger partial charge < -0.3 is 10.1 Å². The van der Waals surface area contributed by atoms with Gasteiger partial charge >= 0.3 is 0 Å². The van der Waals surface area contributed by atoms with E-state index in [9.17, 15) is 4.79 Å². The summed E-state index contributed by atoms with van der Waals surface area (Å²) in [5.74, 6) is -0.144. The number of nitriles is 1. The maximum absolute atomic E-state index is 11.2. The normalized spacial score (nSPS) is 14.1. The van der Waals surface area contributed by atoms with Gasteiger partial charge in [0.2, 0.25) is 5.91 Å². The van der Waals surface area contributed by atoms with Gasteiger partial charge in [-0.25, -0.2) is 0 Å². The molecule has 0 radical (unpaired) electrons. The van der Waals surface area contributed by atoms with Crippen molar-refractivity contribution in [1.82, 2.24) is 5.32 Å². The average molecular weight is 198 g/mol. The van der Waals surface area contributed by atoms with Crippen LogP contribution in [0.2, 0.25) is 0 Å². The molecule has 0 saturated heterocycles. The van der Waals surface area contributed by atoms with Crippen molar-refractivity contribution in [3.63, 3.8) is 0 Å². The van der Waals surface area contributed by atoms with Crippen molar-refractivity contribution < 1.29 is 9.53 Å². The number of rotatable bonds is 6. The zero-order valence-electron chi connectivity index (χ0n) is 9.04. The fraction of sp³-hybridized carbons (Fsp3) is 0.800. The van der Waals surface area contributed by atoms with Gasteiger partial charge in [0.25, 0.3) is 0 Å². The molecule has 0 heterocycles. The van der Waals surface area contributed by atoms with E-state index in [-0.39, 0.29) is 17.9 Å². The van der Waals surface area contributed by atoms with E-state index in [1.54, 1.807) is 14.0 Å². The highest BCUT2D eigenvalue weighted by atomic mass is 16.5. The fourth-order valence-corrected chi connectivity index (χ4v) is 0.853. The number of amides is 1. The van der Waals surface area contributed by atoms with E-state index >= 15 is 0 Å². The molecule has 14 heavy (non-hydrogen) atoms. The van der Waals surface area contributed by atoms with Crippen LogP contribution in [0.4, 0.5) is 0 Å². The van der Waals surface area contributed by atoms with Gasteiger partial charge in [-0.3, -0.25) is 4.79 Å². The number of hydrogen-bond acceptors (Lipinski definition) is 3. The molecule has 1 N–H and O–H groups in total. The third-order valence-corrected chi connectivity index (χ3v) is 2.01. The second kappa shape index (κ2) is 7.34. The minimum absolute atomic E-state index is 0.0176. The first-order chi connectivity index (χ1) is 6.60. The maximum Gasteiger partial charge on any atom is 0.220 e. The molecule has 80 valence electrons. The predicted octanol–water partition coefficient (Wildman–Crippen LogP) is 1.08. The van der Waals surface area contributed by atoms with E-state index in [0.29, 0.717) is 19.4 Å². The molecule has 0 saturated carbocycles. The Bertz CT molecular complexity index is 211. The maximum atomic E-state index is 11.2. The Balaban J connectivity index is 3.52. The molecule has 0 aromatic carbocycles. The van der Waals surface area contributed by atoms with Gasteiger partial charge in [-0.05, 0) is 20.3 Å². The fourth-order valence-electron chi connectivity index (χ4n) is 0.853. The van der Waals surface area contributed by atoms with Crippen molar-refractivity contribution in [3.05, 3.63) is 0 Å². The van der Waals surface area contributed by atoms with Gasteiger partial charge in [0.15, 0.2) is 0 Å². The van der Waals surface area contributed by atoms with Crippen LogP contribution in [0, 0.1) is 17.2 Å². The minimum Gasteiger partial charge on any atom is -0.382 e. The average Bonchev–Trinajstić information content (AvgIpc) is 2.22. The van der Waals surface area contributed by atoms with Gasteiger partial charge in [0.05, 0.1) is 18.1 Å². The molecular formula is C10H18N2O2. The van der Waals surface area contributed by atoms with Gasteiger partial charge in [-0.1, -0.05) is 0 Å². The lowest BCUT2D eigenvalue weighted by Crippen LogP contribution is -2.28. The largest absolute Gasteiger partial charge is 0.382 e. The first kappa shape index (κ1) is 12.9. The Hall–Kier alpha value is -1.08. The minimum atomic E-state index is -0.126. The molecule has 0 aliphatic heterocycles. The van der Waals surface area contributed by atoms with Crippen LogP contribution in [0.5, 0.6) is 0 Å². The molecule has 0 rings (SSSR count). The highest BCUT2D eigenvalue weighted by Gasteiger charge is 2.06. The summed E-state index contributed by atoms with van der Waals surface area (Å²) in [7, 11) is 1.63. The van der Waals surface area contributed by atoms with E-state index in [2.05, 4.69) is 11.4 Å². The second-order valence-corrected chi connectivity index (χ2v) is 3.42. The third-order valence-electron chi connectivity index (χ3n) is 2.01. The van der Waals surface area contributed by atoms with Gasteiger partial charge in [0.1, 0.15) is 0 Å². The number of carbonyl (C=O) groups is 1. The summed E-state index contributed by atoms with van der Waals surface area (Å²) in [5.41, 5.74) is 0. The summed E-state index contributed by atoms with van der Waals surface area (Å²) in [5, 5.41) is 11.2. The van der Waals surface area contributed by atoms with Crippen LogP contribution in [0.3, 0.4) is 0 Å². The Morgan fingerprint density at radius 1 is 1.57 bits per heavy atom. The van der Waals surface area contributed by atoms with E-state index in [4.69, 9.17) is 10.00 Å². The molecule has 2 unspecified atom stereocenters. The lowest BCUT2D eigenvalue weighted by molar-refractivity contribution is -0.121. The first-order valence-corrected chi connectivity index (χ1v) is 4.79. The number of ether oxygens (including phenoxy) is 1. The summed E-state index contributed by atoms with van der Waals surface area (Å²) in [6, 6.07) is 2.06. The Labute approximate surface area is 85.2 Å². The van der Waals surface area contributed by atoms with E-state index in [1.165, 1.54) is 0 Å². The molecule has 0 aliphatic carbocycles. The van der Waals surface area contributed by atoms with Crippen LogP contribution in [-0.2, 0) is 9.53 Å². The molecule has 2 atom stereocenters. The molecule has 0 aliphatic rings. The van der Waals surface area contributed by atoms with E-state index in [0.717, 1.165) is 0 Å². The quantitative estimate of drug-likeness (QED) is 0.694. The van der Waals surface area contributed by atoms with Crippen molar-refractivity contribution >= 4 is 5.91 Å². The zero-order chi connectivity index (χ0) is 11.0. The summed E-state index contributed by atoms with van der Waals surface area (Å²) in [4.78, 5) is 11.2. The number of nitrogens with zero attached hydrogens (tertiary/aromatic N) is 1. The van der Waals surface area contributed by atoms with Crippen molar-refractivity contribution in [3.8, 4) is 6.07 Å². The standard InChI is InChI=1S/C10H18N2O2/c1-8(6-11)7-12-10(13)5-4-9(2)14-3/h8-9H,4-5,7H2,1-3H3,(H,12,13). The first-order valence-electron chi connectivity index (χ1n) is 4.79. The molecule has 0 spiro atoms. The third kappa shape index (κ3) is 6.44. The SMILES string of the molecule is COC(C)CCC(=O)NCC(C)C#N. The summed E-state index contributed by atoms with van der Waals surface area (Å²) in [6.45, 7) is 4.12. The number of hydrogen-bond donors (Lipinski definition) is 1. The number of methoxy groups -OCH3 is 1. The lowest BCUT2D eigenvalue weighted by Gasteiger charge is -2.09. The van der Waals surface area contributed by atoms with E-state index in [1.807, 2.05) is 6.92 Å². The molecule has 0 fully saturated rings. The number of nitrogens with one attached hydrogen (secondary N) is 1. The molecule has 1 amide bonds. The molecule has 0 aromatic heterocycles. The summed E-state index contributed by atoms with van der Waals surface area (Å²) >= 11 is 0. The van der Waals surface area contributed by atoms with E-state index < -0.39 is 0 Å². The van der Waals surface area contributed by atoms with Gasteiger partial charge in [-0.2, -0.15) is 5.26 Å². The van der Waals surface area contributed by atoms with Crippen LogP contribution >= 0.6 is 0 Å². The second-order valence-electron chi connectivity index (χ2n) is 3.42. The smallest absolute Gasteiger partial charge is 0.220 e. The van der Waals surface area contributed by atoms with Crippen molar-refractivity contribution in [2.45, 2.75) is 32.8 Å². The molecule has 0 aromatic rings. The monoisotopic (exact) mass is 198 g/mol. The van der Waals surface area contributed by atoms with Crippen LogP contribution in [0.25, 0.3) is 0 Å². The lowest BCUT2D eigenvalue weighted by atomic mass is 10.2. The van der Waals surface area contributed by atoms with Crippen molar-refractivity contribution in [2.24, 2.45) is 5.92 Å². The Kier molecular flexibility index (Phi) is 6.77. The van der Waals surface area contributed by atoms with Crippen molar-refractivity contribution in [2.75, 3.05) is 13.7 Å². The van der Waals surface area contributed by atoms with Gasteiger partial charge in [0, 0.05) is 20.1 Å². The molecule has 4 heteroatoms. The summed E-state index contributed by atoms with van der Waals surface area (Å²) in [6.07, 6.45) is 1.27. The highest BCUT2D eigenvalue weighted by molar-refractivity contribution is 5.75. The van der Waals surface area contributed by atoms with Crippen LogP contribution in [0.15, 0.2) is 0 Å². The molecule has 0 bridgehead atoms. The zero-order valence-corrected chi connectivity index (χ0v) is 9.04. The predicted molar refractivity (Wildman–Crippen MR) is 53.5 cm³/mol. The van der Waals surface area contributed by atoms with Crippen LogP contribution in [-0.4, -0.2) is 25.7 Å². The van der Waals surface area contributed by atoms with Crippen LogP contribution in [0.1, 0.15) is 26.7 Å². The van der Waals surface area contributed by atoms with Gasteiger partial charge in [-0.15, -0.1) is 0 Å². The molecule has 4 nitrogen and oxygen atoms in total. The Morgan fingerprint density at radius 2 is 2.21 bits per heavy atom. The highest BCUT2D eigenvalue weighted by Crippen LogP contribution is 1.99. The van der Waals surface area contributed by atoms with Crippen molar-refractivity contribution in [1.29, 1.82) is 5.26 Å². The molecular weight excluding hydrogens is 180 g/mol. The topological polar surface area (TPSA) is 62.1 Å². The number of carbonyl (C=O) groups excluding carboxylic acids is 1. The summed E-state index contributed by atoms with van der Waals surface area (Å²) < 4.78 is 5.01. The Morgan fingerprint density at radius 3 is 2.71 bits per heavy atom. The van der Waals surface area contributed by atoms with Crippen LogP contribution < -0.4 is 5.32 Å².